The highest BCUT2D eigenvalue weighted by Gasteiger charge is 2.00. The number of halogens is 1. The van der Waals surface area contributed by atoms with Gasteiger partial charge in [0.05, 0.1) is 0 Å². The van der Waals surface area contributed by atoms with Crippen LogP contribution in [0.25, 0.3) is 6.08 Å². The highest BCUT2D eigenvalue weighted by molar-refractivity contribution is 6.06. The number of carbonyl (C=O) groups excluding carboxylic acids is 1. The number of allylic oxidation sites excluding steroid dienone is 1. The van der Waals surface area contributed by atoms with Crippen LogP contribution in [-0.2, 0) is 0 Å². The molecule has 0 unspecified atom stereocenters. The van der Waals surface area contributed by atoms with E-state index in [1.807, 2.05) is 30.3 Å². The van der Waals surface area contributed by atoms with E-state index in [0.29, 0.717) is 5.56 Å². The largest absolute Gasteiger partial charge is 0.289 e. The Bertz CT molecular complexity index is 527. The molecule has 0 saturated carbocycles. The van der Waals surface area contributed by atoms with Gasteiger partial charge in [0.15, 0.2) is 5.78 Å². The Morgan fingerprint density at radius 3 is 2.24 bits per heavy atom. The molecule has 1 nitrogen and oxygen atoms in total. The molecule has 0 aliphatic heterocycles. The third-order valence-electron chi connectivity index (χ3n) is 2.36. The molecule has 2 aromatic carbocycles. The SMILES string of the molecule is O=C(C=Cc1ccccc1)c1ccc(F)cc1. The zero-order valence-corrected chi connectivity index (χ0v) is 9.14. The summed E-state index contributed by atoms with van der Waals surface area (Å²) in [6, 6.07) is 15.1. The van der Waals surface area contributed by atoms with E-state index in [9.17, 15) is 9.18 Å². The second-order valence-corrected chi connectivity index (χ2v) is 3.62. The van der Waals surface area contributed by atoms with Crippen molar-refractivity contribution in [2.75, 3.05) is 0 Å². The van der Waals surface area contributed by atoms with Crippen molar-refractivity contribution in [1.29, 1.82) is 0 Å². The van der Waals surface area contributed by atoms with E-state index in [0.717, 1.165) is 5.56 Å². The van der Waals surface area contributed by atoms with Crippen molar-refractivity contribution in [2.24, 2.45) is 0 Å². The first-order chi connectivity index (χ1) is 8.25. The van der Waals surface area contributed by atoms with Crippen LogP contribution >= 0.6 is 0 Å². The van der Waals surface area contributed by atoms with Crippen molar-refractivity contribution in [1.82, 2.24) is 0 Å². The zero-order chi connectivity index (χ0) is 12.1. The van der Waals surface area contributed by atoms with Gasteiger partial charge in [-0.2, -0.15) is 0 Å². The molecule has 2 aromatic rings. The standard InChI is InChI=1S/C15H11FO/c16-14-9-7-13(8-10-14)15(17)11-6-12-4-2-1-3-5-12/h1-11H. The highest BCUT2D eigenvalue weighted by Crippen LogP contribution is 2.07. The highest BCUT2D eigenvalue weighted by atomic mass is 19.1. The smallest absolute Gasteiger partial charge is 0.185 e. The number of benzene rings is 2. The lowest BCUT2D eigenvalue weighted by Crippen LogP contribution is -1.93. The predicted octanol–water partition coefficient (Wildman–Crippen LogP) is 3.72. The maximum atomic E-state index is 12.7. The van der Waals surface area contributed by atoms with E-state index in [1.165, 1.54) is 30.3 Å². The fourth-order valence-electron chi connectivity index (χ4n) is 1.45. The maximum absolute atomic E-state index is 12.7. The molecule has 0 amide bonds. The lowest BCUT2D eigenvalue weighted by atomic mass is 10.1. The summed E-state index contributed by atoms with van der Waals surface area (Å²) in [7, 11) is 0. The molecular weight excluding hydrogens is 215 g/mol. The molecule has 17 heavy (non-hydrogen) atoms. The Morgan fingerprint density at radius 1 is 0.941 bits per heavy atom. The Morgan fingerprint density at radius 2 is 1.59 bits per heavy atom. The van der Waals surface area contributed by atoms with Gasteiger partial charge in [0.1, 0.15) is 5.82 Å². The van der Waals surface area contributed by atoms with Crippen LogP contribution in [0.3, 0.4) is 0 Å². The molecule has 0 atom stereocenters. The van der Waals surface area contributed by atoms with E-state index < -0.39 is 0 Å². The van der Waals surface area contributed by atoms with Crippen LogP contribution < -0.4 is 0 Å². The van der Waals surface area contributed by atoms with Gasteiger partial charge in [-0.05, 0) is 35.9 Å². The maximum Gasteiger partial charge on any atom is 0.185 e. The molecule has 0 fully saturated rings. The van der Waals surface area contributed by atoms with Crippen LogP contribution in [-0.4, -0.2) is 5.78 Å². The van der Waals surface area contributed by atoms with Gasteiger partial charge >= 0.3 is 0 Å². The minimum Gasteiger partial charge on any atom is -0.289 e. The number of ketones is 1. The minimum absolute atomic E-state index is 0.131. The number of rotatable bonds is 3. The van der Waals surface area contributed by atoms with Crippen molar-refractivity contribution in [3.8, 4) is 0 Å². The number of hydrogen-bond donors (Lipinski definition) is 0. The second-order valence-electron chi connectivity index (χ2n) is 3.62. The van der Waals surface area contributed by atoms with E-state index in [4.69, 9.17) is 0 Å². The number of carbonyl (C=O) groups is 1. The van der Waals surface area contributed by atoms with E-state index in [2.05, 4.69) is 0 Å². The molecule has 0 bridgehead atoms. The quantitative estimate of drug-likeness (QED) is 0.575. The third kappa shape index (κ3) is 3.11. The number of hydrogen-bond acceptors (Lipinski definition) is 1. The lowest BCUT2D eigenvalue weighted by molar-refractivity contribution is 0.104. The molecule has 2 rings (SSSR count). The minimum atomic E-state index is -0.339. The fourth-order valence-corrected chi connectivity index (χ4v) is 1.45. The van der Waals surface area contributed by atoms with Crippen molar-refractivity contribution in [3.63, 3.8) is 0 Å². The first-order valence-corrected chi connectivity index (χ1v) is 5.29. The van der Waals surface area contributed by atoms with Gasteiger partial charge in [-0.1, -0.05) is 36.4 Å². The Hall–Kier alpha value is -2.22. The summed E-state index contributed by atoms with van der Waals surface area (Å²) in [6.07, 6.45) is 3.23. The topological polar surface area (TPSA) is 17.1 Å². The Balaban J connectivity index is 2.12. The van der Waals surface area contributed by atoms with Crippen LogP contribution in [0, 0.1) is 5.82 Å². The van der Waals surface area contributed by atoms with E-state index >= 15 is 0 Å². The summed E-state index contributed by atoms with van der Waals surface area (Å²) in [5, 5.41) is 0. The molecule has 0 spiro atoms. The van der Waals surface area contributed by atoms with Crippen molar-refractivity contribution < 1.29 is 9.18 Å². The second kappa shape index (κ2) is 5.21. The monoisotopic (exact) mass is 226 g/mol. The molecule has 0 N–H and O–H groups in total. The van der Waals surface area contributed by atoms with Gasteiger partial charge in [-0.25, -0.2) is 4.39 Å². The molecule has 0 radical (unpaired) electrons. The van der Waals surface area contributed by atoms with Crippen LogP contribution in [0.4, 0.5) is 4.39 Å². The molecule has 84 valence electrons. The van der Waals surface area contributed by atoms with Crippen molar-refractivity contribution in [3.05, 3.63) is 77.6 Å². The molecular formula is C15H11FO. The summed E-state index contributed by atoms with van der Waals surface area (Å²) in [6.45, 7) is 0. The van der Waals surface area contributed by atoms with E-state index in [1.54, 1.807) is 6.08 Å². The van der Waals surface area contributed by atoms with Crippen molar-refractivity contribution in [2.45, 2.75) is 0 Å². The summed E-state index contributed by atoms with van der Waals surface area (Å²) < 4.78 is 12.7. The average Bonchev–Trinajstić information content (AvgIpc) is 2.38. The fraction of sp³-hybridized carbons (Fsp3) is 0. The van der Waals surface area contributed by atoms with Gasteiger partial charge in [0.25, 0.3) is 0 Å². The summed E-state index contributed by atoms with van der Waals surface area (Å²) >= 11 is 0. The van der Waals surface area contributed by atoms with Gasteiger partial charge in [-0.3, -0.25) is 4.79 Å². The van der Waals surface area contributed by atoms with Crippen molar-refractivity contribution >= 4 is 11.9 Å². The van der Waals surface area contributed by atoms with E-state index in [-0.39, 0.29) is 11.6 Å². The molecule has 0 heterocycles. The molecule has 0 aromatic heterocycles. The van der Waals surface area contributed by atoms with Gasteiger partial charge in [-0.15, -0.1) is 0 Å². The summed E-state index contributed by atoms with van der Waals surface area (Å²) in [5.74, 6) is -0.470. The third-order valence-corrected chi connectivity index (χ3v) is 2.36. The first kappa shape index (κ1) is 11.3. The van der Waals surface area contributed by atoms with Gasteiger partial charge in [0, 0.05) is 5.56 Å². The molecule has 2 heteroatoms. The van der Waals surface area contributed by atoms with Crippen LogP contribution in [0.2, 0.25) is 0 Å². The predicted molar refractivity (Wildman–Crippen MR) is 66.2 cm³/mol. The normalized spacial score (nSPS) is 10.6. The Kier molecular flexibility index (Phi) is 3.46. The summed E-state index contributed by atoms with van der Waals surface area (Å²) in [4.78, 5) is 11.7. The van der Waals surface area contributed by atoms with Gasteiger partial charge in [0.2, 0.25) is 0 Å². The lowest BCUT2D eigenvalue weighted by Gasteiger charge is -1.95. The zero-order valence-electron chi connectivity index (χ0n) is 9.14. The molecule has 0 saturated heterocycles. The average molecular weight is 226 g/mol. The summed E-state index contributed by atoms with van der Waals surface area (Å²) in [5.41, 5.74) is 1.45. The Labute approximate surface area is 99.2 Å². The van der Waals surface area contributed by atoms with Crippen LogP contribution in [0.15, 0.2) is 60.7 Å². The first-order valence-electron chi connectivity index (χ1n) is 5.29. The molecule has 0 aliphatic rings. The molecule has 0 aliphatic carbocycles. The van der Waals surface area contributed by atoms with Crippen LogP contribution in [0.1, 0.15) is 15.9 Å². The van der Waals surface area contributed by atoms with Gasteiger partial charge < -0.3 is 0 Å². The van der Waals surface area contributed by atoms with Crippen LogP contribution in [0.5, 0.6) is 0 Å².